The number of aromatic hydroxyl groups is 1. The maximum Gasteiger partial charge on any atom is 0.328 e. The molecule has 1 atom stereocenters. The fraction of sp³-hybridized carbons (Fsp3) is 0.0417. The summed E-state index contributed by atoms with van der Waals surface area (Å²) in [6.07, 6.45) is 8.13. The smallest absolute Gasteiger partial charge is 0.328 e. The number of fused-ring (bicyclic) bond motifs is 1. The van der Waals surface area contributed by atoms with E-state index in [1.165, 1.54) is 0 Å². The molecule has 2 aromatic rings. The van der Waals surface area contributed by atoms with Gasteiger partial charge in [-0.25, -0.2) is 4.79 Å². The van der Waals surface area contributed by atoms with Crippen LogP contribution < -0.4 is 0 Å². The van der Waals surface area contributed by atoms with E-state index in [-0.39, 0.29) is 16.8 Å². The van der Waals surface area contributed by atoms with Crippen molar-refractivity contribution in [3.05, 3.63) is 106 Å². The van der Waals surface area contributed by atoms with Crippen molar-refractivity contribution in [1.82, 2.24) is 0 Å². The highest BCUT2D eigenvalue weighted by molar-refractivity contribution is 8.03. The Morgan fingerprint density at radius 3 is 2.31 bits per heavy atom. The van der Waals surface area contributed by atoms with E-state index in [0.717, 1.165) is 39.5 Å². The van der Waals surface area contributed by atoms with Crippen LogP contribution in [0.1, 0.15) is 16.7 Å². The molecule has 2 aromatic carbocycles. The maximum absolute atomic E-state index is 10.7. The molecule has 29 heavy (non-hydrogen) atoms. The number of thioether (sulfide) groups is 1. The van der Waals surface area contributed by atoms with Gasteiger partial charge in [-0.1, -0.05) is 42.5 Å². The number of aliphatic hydroxyl groups is 1. The number of rotatable bonds is 4. The molecule has 0 radical (unpaired) electrons. The number of phenolic OH excluding ortho intramolecular Hbond substituents is 1. The summed E-state index contributed by atoms with van der Waals surface area (Å²) in [6, 6.07) is 14.8. The molecular formula is C24H18O4S. The summed E-state index contributed by atoms with van der Waals surface area (Å²) in [7, 11) is 0. The number of carboxylic acids is 1. The van der Waals surface area contributed by atoms with E-state index in [4.69, 9.17) is 5.11 Å². The Labute approximate surface area is 172 Å². The third kappa shape index (κ3) is 4.05. The van der Waals surface area contributed by atoms with E-state index in [0.29, 0.717) is 0 Å². The number of carbonyl (C=O) groups is 1. The summed E-state index contributed by atoms with van der Waals surface area (Å²) < 4.78 is 0. The molecule has 1 heterocycles. The zero-order valence-electron chi connectivity index (χ0n) is 15.3. The van der Waals surface area contributed by atoms with Crippen LogP contribution in [0, 0.1) is 0 Å². The molecule has 4 rings (SSSR count). The van der Waals surface area contributed by atoms with E-state index in [2.05, 4.69) is 5.41 Å². The highest BCUT2D eigenvalue weighted by Gasteiger charge is 2.26. The third-order valence-corrected chi connectivity index (χ3v) is 5.80. The minimum absolute atomic E-state index is 0.0162. The number of hydrogen-bond acceptors (Lipinski definition) is 4. The molecular weight excluding hydrogens is 384 g/mol. The van der Waals surface area contributed by atoms with Crippen LogP contribution in [0.25, 0.3) is 17.2 Å². The summed E-state index contributed by atoms with van der Waals surface area (Å²) in [4.78, 5) is 10.7. The van der Waals surface area contributed by atoms with E-state index < -0.39 is 5.97 Å². The fourth-order valence-electron chi connectivity index (χ4n) is 3.37. The normalized spacial score (nSPS) is 18.4. The van der Waals surface area contributed by atoms with Crippen LogP contribution in [0.4, 0.5) is 0 Å². The number of phenols is 1. The number of benzene rings is 2. The second-order valence-electron chi connectivity index (χ2n) is 6.68. The van der Waals surface area contributed by atoms with Crippen LogP contribution in [-0.4, -0.2) is 26.5 Å². The van der Waals surface area contributed by atoms with Gasteiger partial charge in [0.25, 0.3) is 0 Å². The number of carboxylic acid groups (broad SMARTS) is 1. The first kappa shape index (κ1) is 18.9. The Bertz CT molecular complexity index is 1100. The summed E-state index contributed by atoms with van der Waals surface area (Å²) >= 11 is 1.62. The molecule has 1 aliphatic carbocycles. The third-order valence-electron chi connectivity index (χ3n) is 4.75. The van der Waals surface area contributed by atoms with Crippen LogP contribution >= 0.6 is 11.8 Å². The Morgan fingerprint density at radius 2 is 1.62 bits per heavy atom. The Morgan fingerprint density at radius 1 is 0.931 bits per heavy atom. The van der Waals surface area contributed by atoms with Crippen LogP contribution in [0.15, 0.2) is 89.6 Å². The first-order valence-electron chi connectivity index (χ1n) is 9.01. The molecule has 4 nitrogen and oxygen atoms in total. The van der Waals surface area contributed by atoms with Gasteiger partial charge in [0.15, 0.2) is 0 Å². The minimum Gasteiger partial charge on any atom is -0.508 e. The van der Waals surface area contributed by atoms with E-state index >= 15 is 0 Å². The summed E-state index contributed by atoms with van der Waals surface area (Å²) in [5, 5.41) is 30.4. The fourth-order valence-corrected chi connectivity index (χ4v) is 4.47. The zero-order valence-corrected chi connectivity index (χ0v) is 16.1. The van der Waals surface area contributed by atoms with E-state index in [1.54, 1.807) is 36.0 Å². The first-order chi connectivity index (χ1) is 14.0. The van der Waals surface area contributed by atoms with Gasteiger partial charge in [-0.05, 0) is 69.2 Å². The van der Waals surface area contributed by atoms with E-state index in [1.807, 2.05) is 48.6 Å². The van der Waals surface area contributed by atoms with Gasteiger partial charge in [-0.3, -0.25) is 0 Å². The molecule has 0 saturated carbocycles. The molecule has 0 bridgehead atoms. The van der Waals surface area contributed by atoms with Crippen LogP contribution in [0.5, 0.6) is 5.75 Å². The monoisotopic (exact) mass is 402 g/mol. The quantitative estimate of drug-likeness (QED) is 0.596. The van der Waals surface area contributed by atoms with Gasteiger partial charge in [0.05, 0.1) is 5.25 Å². The topological polar surface area (TPSA) is 77.8 Å². The second kappa shape index (κ2) is 7.89. The molecule has 144 valence electrons. The van der Waals surface area contributed by atoms with Gasteiger partial charge in [-0.2, -0.15) is 0 Å². The summed E-state index contributed by atoms with van der Waals surface area (Å²) in [6.45, 7) is 0. The average molecular weight is 402 g/mol. The average Bonchev–Trinajstić information content (AvgIpc) is 2.72. The molecule has 0 aromatic heterocycles. The lowest BCUT2D eigenvalue weighted by atomic mass is 9.86. The number of aliphatic hydroxyl groups excluding tert-OH is 1. The molecule has 0 spiro atoms. The number of aliphatic carboxylic acids is 1. The second-order valence-corrected chi connectivity index (χ2v) is 7.70. The van der Waals surface area contributed by atoms with Gasteiger partial charge < -0.3 is 15.3 Å². The Balaban J connectivity index is 1.80. The van der Waals surface area contributed by atoms with Crippen molar-refractivity contribution in [2.24, 2.45) is 0 Å². The van der Waals surface area contributed by atoms with Crippen LogP contribution in [0.3, 0.4) is 0 Å². The van der Waals surface area contributed by atoms with Crippen molar-refractivity contribution < 1.29 is 20.1 Å². The lowest BCUT2D eigenvalue weighted by molar-refractivity contribution is -0.131. The molecule has 1 aliphatic heterocycles. The van der Waals surface area contributed by atoms with Gasteiger partial charge in [-0.15, -0.1) is 11.8 Å². The van der Waals surface area contributed by atoms with Gasteiger partial charge >= 0.3 is 5.97 Å². The molecule has 0 saturated heterocycles. The van der Waals surface area contributed by atoms with Crippen LogP contribution in [-0.2, 0) is 4.79 Å². The summed E-state index contributed by atoms with van der Waals surface area (Å²) in [5.41, 5.74) is 5.96. The van der Waals surface area contributed by atoms with Crippen molar-refractivity contribution in [3.8, 4) is 5.75 Å². The lowest BCUT2D eigenvalue weighted by Gasteiger charge is -2.27. The molecule has 0 amide bonds. The van der Waals surface area contributed by atoms with Gasteiger partial charge in [0.2, 0.25) is 0 Å². The molecule has 3 N–H and O–H groups in total. The van der Waals surface area contributed by atoms with Crippen molar-refractivity contribution >= 4 is 35.0 Å². The SMILES string of the molecule is O=C(O)/C=C/c1ccc(C2=C3C=CC(O)=CC3SC=C2c2ccc(O)cc2)cc1. The number of hydrogen-bond donors (Lipinski definition) is 3. The highest BCUT2D eigenvalue weighted by Crippen LogP contribution is 2.46. The lowest BCUT2D eigenvalue weighted by Crippen LogP contribution is -2.12. The van der Waals surface area contributed by atoms with Gasteiger partial charge in [0, 0.05) is 6.08 Å². The van der Waals surface area contributed by atoms with E-state index in [9.17, 15) is 15.0 Å². The predicted molar refractivity (Wildman–Crippen MR) is 117 cm³/mol. The Kier molecular flexibility index (Phi) is 5.14. The molecule has 0 fully saturated rings. The van der Waals surface area contributed by atoms with Crippen LogP contribution in [0.2, 0.25) is 0 Å². The maximum atomic E-state index is 10.7. The van der Waals surface area contributed by atoms with Crippen molar-refractivity contribution in [2.45, 2.75) is 5.25 Å². The highest BCUT2D eigenvalue weighted by atomic mass is 32.2. The Hall–Kier alpha value is -3.44. The minimum atomic E-state index is -0.984. The van der Waals surface area contributed by atoms with Crippen molar-refractivity contribution in [2.75, 3.05) is 0 Å². The molecule has 5 heteroatoms. The van der Waals surface area contributed by atoms with Gasteiger partial charge in [0.1, 0.15) is 11.5 Å². The standard InChI is InChI=1S/C24H18O4S/c25-18-8-6-16(7-9-18)21-14-29-22-13-19(26)10-11-20(22)24(21)17-4-1-15(2-5-17)3-12-23(27)28/h1-14,22,25-26H,(H,27,28)/b12-3+. The largest absolute Gasteiger partial charge is 0.508 e. The molecule has 1 unspecified atom stereocenters. The predicted octanol–water partition coefficient (Wildman–Crippen LogP) is 5.41. The molecule has 2 aliphatic rings. The number of allylic oxidation sites excluding steroid dienone is 4. The summed E-state index contributed by atoms with van der Waals surface area (Å²) in [5.74, 6) is -0.520. The van der Waals surface area contributed by atoms with Crippen molar-refractivity contribution in [1.29, 1.82) is 0 Å². The first-order valence-corrected chi connectivity index (χ1v) is 9.95. The van der Waals surface area contributed by atoms with Crippen molar-refractivity contribution in [3.63, 3.8) is 0 Å². The zero-order chi connectivity index (χ0) is 20.4.